The zero-order chi connectivity index (χ0) is 28.7. The molecule has 1 aliphatic heterocycles. The van der Waals surface area contributed by atoms with Crippen molar-refractivity contribution < 1.29 is 43.4 Å². The van der Waals surface area contributed by atoms with Gasteiger partial charge in [-0.1, -0.05) is 12.1 Å². The number of rotatable bonds is 14. The zero-order valence-electron chi connectivity index (χ0n) is 20.5. The van der Waals surface area contributed by atoms with E-state index in [1.807, 2.05) is 29.2 Å². The van der Waals surface area contributed by atoms with E-state index in [1.54, 1.807) is 0 Å². The quantitative estimate of drug-likeness (QED) is 0.111. The van der Waals surface area contributed by atoms with Gasteiger partial charge in [-0.2, -0.15) is 0 Å². The third-order valence-electron chi connectivity index (χ3n) is 6.31. The molecule has 1 fully saturated rings. The van der Waals surface area contributed by atoms with Gasteiger partial charge in [-0.05, 0) is 37.0 Å². The van der Waals surface area contributed by atoms with Crippen LogP contribution in [0.3, 0.4) is 0 Å². The summed E-state index contributed by atoms with van der Waals surface area (Å²) in [5.41, 5.74) is 7.90. The molecule has 0 unspecified atom stereocenters. The number of likely N-dealkylation sites (tertiary alicyclic amines) is 1. The maximum absolute atomic E-state index is 13.0. The van der Waals surface area contributed by atoms with E-state index in [9.17, 15) is 43.4 Å². The minimum Gasteiger partial charge on any atom is -0.369 e. The highest BCUT2D eigenvalue weighted by Gasteiger charge is 2.58. The Hall–Kier alpha value is -1.24. The van der Waals surface area contributed by atoms with E-state index >= 15 is 0 Å². The Labute approximate surface area is 230 Å². The topological polar surface area (TPSA) is 214 Å². The highest BCUT2D eigenvalue weighted by atomic mass is 35.5. The van der Waals surface area contributed by atoms with Crippen LogP contribution >= 0.6 is 38.4 Å². The van der Waals surface area contributed by atoms with Crippen molar-refractivity contribution in [2.24, 2.45) is 5.73 Å². The Morgan fingerprint density at radius 2 is 1.66 bits per heavy atom. The number of hydrogen-bond acceptors (Lipinski definition) is 7. The fourth-order valence-corrected chi connectivity index (χ4v) is 6.78. The molecule has 2 rings (SSSR count). The molecule has 13 nitrogen and oxygen atoms in total. The third-order valence-corrected chi connectivity index (χ3v) is 10.5. The van der Waals surface area contributed by atoms with E-state index < -0.39 is 57.1 Å². The van der Waals surface area contributed by atoms with Gasteiger partial charge in [0.15, 0.2) is 0 Å². The molecule has 17 heteroatoms. The molecule has 8 N–H and O–H groups in total. The number of alkyl halides is 2. The maximum Gasteiger partial charge on any atom is 0.369 e. The van der Waals surface area contributed by atoms with E-state index in [4.69, 9.17) is 28.9 Å². The van der Waals surface area contributed by atoms with Crippen LogP contribution in [-0.4, -0.2) is 96.5 Å². The first-order valence-corrected chi connectivity index (χ1v) is 16.1. The molecule has 0 aromatic heterocycles. The molecule has 1 aromatic carbocycles. The van der Waals surface area contributed by atoms with E-state index in [0.717, 1.165) is 11.3 Å². The van der Waals surface area contributed by atoms with Crippen molar-refractivity contribution in [2.75, 3.05) is 42.8 Å². The summed E-state index contributed by atoms with van der Waals surface area (Å²) < 4.78 is 22.9. The molecule has 0 bridgehead atoms. The molecule has 0 spiro atoms. The molecule has 0 aliphatic carbocycles. The summed E-state index contributed by atoms with van der Waals surface area (Å²) in [4.78, 5) is 65.9. The van der Waals surface area contributed by atoms with Crippen LogP contribution in [0.1, 0.15) is 24.8 Å². The van der Waals surface area contributed by atoms with E-state index in [-0.39, 0.29) is 13.0 Å². The summed E-state index contributed by atoms with van der Waals surface area (Å²) >= 11 is 11.7. The van der Waals surface area contributed by atoms with Gasteiger partial charge in [0.05, 0.1) is 6.04 Å². The maximum atomic E-state index is 13.0. The summed E-state index contributed by atoms with van der Waals surface area (Å²) in [5.74, 6) is -0.266. The molecule has 216 valence electrons. The predicted molar refractivity (Wildman–Crippen MR) is 143 cm³/mol. The number of nitrogens with one attached hydrogen (secondary N) is 1. The molecule has 1 aliphatic rings. The summed E-state index contributed by atoms with van der Waals surface area (Å²) in [5, 5.41) is 8.60. The normalized spacial score (nSPS) is 17.4. The van der Waals surface area contributed by atoms with Crippen molar-refractivity contribution in [3.8, 4) is 0 Å². The van der Waals surface area contributed by atoms with Crippen LogP contribution in [0.15, 0.2) is 24.3 Å². The number of halogens is 2. The minimum atomic E-state index is -5.64. The van der Waals surface area contributed by atoms with Crippen LogP contribution < -0.4 is 16.0 Å². The standard InChI is InChI=1S/C21H34Cl2N4O9P2/c22-8-12-26(13-9-23)16-5-3-15(4-6-16)14-17(24)20(29)27-11-1-2-18(27)19(28)25-10-7-21(30,37(31,32)33)38(34,35)36/h3-6,17-18,30H,1-2,7-14,24H2,(H,25,28)(H2,31,32,33)(H2,34,35,36)/t17-,18-/m0/s1. The summed E-state index contributed by atoms with van der Waals surface area (Å²) in [6.45, 7) is 0.876. The van der Waals surface area contributed by atoms with E-state index in [2.05, 4.69) is 5.32 Å². The molecule has 0 saturated carbocycles. The molecule has 1 heterocycles. The van der Waals surface area contributed by atoms with Crippen molar-refractivity contribution in [3.63, 3.8) is 0 Å². The van der Waals surface area contributed by atoms with Gasteiger partial charge in [-0.15, -0.1) is 23.2 Å². The first-order valence-electron chi connectivity index (χ1n) is 11.8. The summed E-state index contributed by atoms with van der Waals surface area (Å²) in [7, 11) is -11.3. The molecule has 2 atom stereocenters. The SMILES string of the molecule is N[C@@H](Cc1ccc(N(CCCl)CCCl)cc1)C(=O)N1CCC[C@H]1C(=O)NCCC(O)(P(=O)(O)O)P(=O)(O)O. The number of nitrogens with zero attached hydrogens (tertiary/aromatic N) is 2. The lowest BCUT2D eigenvalue weighted by Crippen LogP contribution is -2.52. The Balaban J connectivity index is 1.99. The van der Waals surface area contributed by atoms with Crippen molar-refractivity contribution >= 4 is 55.9 Å². The zero-order valence-corrected chi connectivity index (χ0v) is 23.8. The third kappa shape index (κ3) is 8.14. The molecule has 1 saturated heterocycles. The predicted octanol–water partition coefficient (Wildman–Crippen LogP) is 0.339. The Kier molecular flexibility index (Phi) is 12.1. The van der Waals surface area contributed by atoms with Gasteiger partial charge in [0.1, 0.15) is 6.04 Å². The van der Waals surface area contributed by atoms with Gasteiger partial charge in [0, 0.05) is 50.0 Å². The van der Waals surface area contributed by atoms with Gasteiger partial charge in [0.25, 0.3) is 5.08 Å². The number of hydrogen-bond donors (Lipinski definition) is 7. The van der Waals surface area contributed by atoms with Gasteiger partial charge < -0.3 is 45.5 Å². The monoisotopic (exact) mass is 618 g/mol. The number of amides is 2. The fraction of sp³-hybridized carbons (Fsp3) is 0.619. The molecule has 38 heavy (non-hydrogen) atoms. The van der Waals surface area contributed by atoms with Crippen LogP contribution in [0.5, 0.6) is 0 Å². The second-order valence-electron chi connectivity index (χ2n) is 8.94. The number of carbonyl (C=O) groups excluding carboxylic acids is 2. The summed E-state index contributed by atoms with van der Waals surface area (Å²) in [6, 6.07) is 5.59. The Morgan fingerprint density at radius 3 is 2.16 bits per heavy atom. The smallest absolute Gasteiger partial charge is 0.369 e. The van der Waals surface area contributed by atoms with Crippen LogP contribution in [0, 0.1) is 0 Å². The molecule has 2 amide bonds. The lowest BCUT2D eigenvalue weighted by atomic mass is 10.0. The second kappa shape index (κ2) is 13.9. The van der Waals surface area contributed by atoms with Crippen LogP contribution in [0.25, 0.3) is 0 Å². The van der Waals surface area contributed by atoms with E-state index in [1.165, 1.54) is 4.90 Å². The molecule has 0 radical (unpaired) electrons. The Bertz CT molecular complexity index is 1030. The number of nitrogens with two attached hydrogens (primary N) is 1. The van der Waals surface area contributed by atoms with Crippen LogP contribution in [0.4, 0.5) is 5.69 Å². The number of benzene rings is 1. The average molecular weight is 619 g/mol. The second-order valence-corrected chi connectivity index (χ2v) is 13.7. The first-order chi connectivity index (χ1) is 17.7. The number of carbonyl (C=O) groups is 2. The Morgan fingerprint density at radius 1 is 1.11 bits per heavy atom. The first kappa shape index (κ1) is 33.0. The van der Waals surface area contributed by atoms with Crippen molar-refractivity contribution in [1.82, 2.24) is 10.2 Å². The van der Waals surface area contributed by atoms with Gasteiger partial charge in [0.2, 0.25) is 11.8 Å². The number of aliphatic hydroxyl groups is 1. The lowest BCUT2D eigenvalue weighted by Gasteiger charge is -2.30. The van der Waals surface area contributed by atoms with Crippen LogP contribution in [-0.2, 0) is 25.1 Å². The lowest BCUT2D eigenvalue weighted by molar-refractivity contribution is -0.139. The minimum absolute atomic E-state index is 0.215. The van der Waals surface area contributed by atoms with Crippen LogP contribution in [0.2, 0.25) is 0 Å². The van der Waals surface area contributed by atoms with Crippen molar-refractivity contribution in [1.29, 1.82) is 0 Å². The fourth-order valence-electron chi connectivity index (χ4n) is 4.21. The van der Waals surface area contributed by atoms with Crippen molar-refractivity contribution in [2.45, 2.75) is 42.9 Å². The molecular weight excluding hydrogens is 585 g/mol. The van der Waals surface area contributed by atoms with E-state index in [0.29, 0.717) is 37.7 Å². The molecule has 1 aromatic rings. The molecular formula is C21H34Cl2N4O9P2. The number of anilines is 1. The van der Waals surface area contributed by atoms with Gasteiger partial charge >= 0.3 is 15.2 Å². The summed E-state index contributed by atoms with van der Waals surface area (Å²) in [6.07, 6.45) is -0.0718. The van der Waals surface area contributed by atoms with Gasteiger partial charge in [-0.3, -0.25) is 18.7 Å². The highest BCUT2D eigenvalue weighted by molar-refractivity contribution is 7.72. The highest BCUT2D eigenvalue weighted by Crippen LogP contribution is 2.68. The largest absolute Gasteiger partial charge is 0.369 e. The van der Waals surface area contributed by atoms with Crippen molar-refractivity contribution in [3.05, 3.63) is 29.8 Å². The average Bonchev–Trinajstić information content (AvgIpc) is 3.32. The van der Waals surface area contributed by atoms with Gasteiger partial charge in [-0.25, -0.2) is 0 Å².